The molecule has 10 heteroatoms. The molecule has 0 aliphatic heterocycles. The number of nitrogens with zero attached hydrogens (tertiary/aromatic N) is 2. The lowest BCUT2D eigenvalue weighted by Gasteiger charge is -2.12. The molecule has 0 aliphatic carbocycles. The summed E-state index contributed by atoms with van der Waals surface area (Å²) in [5, 5.41) is 3.89. The molecule has 0 saturated heterocycles. The summed E-state index contributed by atoms with van der Waals surface area (Å²) in [6.45, 7) is 1.48. The summed E-state index contributed by atoms with van der Waals surface area (Å²) >= 11 is 6.12. The van der Waals surface area contributed by atoms with E-state index in [1.54, 1.807) is 12.1 Å². The van der Waals surface area contributed by atoms with Crippen LogP contribution in [0.1, 0.15) is 23.0 Å². The van der Waals surface area contributed by atoms with E-state index in [2.05, 4.69) is 5.16 Å². The fourth-order valence-corrected chi connectivity index (χ4v) is 2.56. The maximum Gasteiger partial charge on any atom is 0.455 e. The molecule has 150 valence electrons. The first-order valence-corrected chi connectivity index (χ1v) is 8.37. The molecule has 0 bridgehead atoms. The van der Waals surface area contributed by atoms with Gasteiger partial charge in [-0.3, -0.25) is 4.79 Å². The topological polar surface area (TPSA) is 72.6 Å². The van der Waals surface area contributed by atoms with Crippen molar-refractivity contribution in [2.75, 3.05) is 20.7 Å². The summed E-state index contributed by atoms with van der Waals surface area (Å²) in [5.74, 6) is -3.83. The Kier molecular flexibility index (Phi) is 6.50. The maximum absolute atomic E-state index is 13.1. The summed E-state index contributed by atoms with van der Waals surface area (Å²) in [5.41, 5.74) is -1.18. The van der Waals surface area contributed by atoms with Crippen LogP contribution >= 0.6 is 11.6 Å². The van der Waals surface area contributed by atoms with E-state index in [4.69, 9.17) is 20.9 Å². The number of esters is 1. The summed E-state index contributed by atoms with van der Waals surface area (Å²) < 4.78 is 49.3. The number of hydrogen-bond acceptors (Lipinski definition) is 6. The van der Waals surface area contributed by atoms with Gasteiger partial charge in [-0.1, -0.05) is 35.0 Å². The van der Waals surface area contributed by atoms with Crippen LogP contribution in [0.2, 0.25) is 5.02 Å². The third-order valence-electron chi connectivity index (χ3n) is 3.43. The van der Waals surface area contributed by atoms with Gasteiger partial charge in [0.1, 0.15) is 11.3 Å². The molecule has 1 aromatic carbocycles. The number of aromatic nitrogens is 1. The number of rotatable bonds is 6. The smallest absolute Gasteiger partial charge is 0.455 e. The molecule has 0 saturated carbocycles. The van der Waals surface area contributed by atoms with Crippen LogP contribution < -0.4 is 0 Å². The van der Waals surface area contributed by atoms with Crippen molar-refractivity contribution in [1.29, 1.82) is 0 Å². The first kappa shape index (κ1) is 21.5. The number of ether oxygens (including phenoxy) is 1. The number of hydrogen-bond donors (Lipinski definition) is 0. The summed E-state index contributed by atoms with van der Waals surface area (Å²) in [6, 6.07) is 6.24. The van der Waals surface area contributed by atoms with Crippen LogP contribution in [0, 0.1) is 0 Å². The Hall–Kier alpha value is -2.81. The number of carbonyl (C=O) groups excluding carboxylic acids is 2. The fourth-order valence-electron chi connectivity index (χ4n) is 2.33. The average molecular weight is 417 g/mol. The van der Waals surface area contributed by atoms with Crippen molar-refractivity contribution >= 4 is 28.9 Å². The molecule has 6 nitrogen and oxygen atoms in total. The van der Waals surface area contributed by atoms with Gasteiger partial charge in [0, 0.05) is 25.9 Å². The highest BCUT2D eigenvalue weighted by Crippen LogP contribution is 2.36. The zero-order chi connectivity index (χ0) is 21.1. The normalized spacial score (nSPS) is 12.0. The van der Waals surface area contributed by atoms with E-state index in [0.29, 0.717) is 0 Å². The Labute approximate surface area is 163 Å². The van der Waals surface area contributed by atoms with Crippen LogP contribution in [-0.2, 0) is 9.53 Å². The molecule has 0 spiro atoms. The van der Waals surface area contributed by atoms with Gasteiger partial charge in [-0.25, -0.2) is 4.79 Å². The molecule has 0 amide bonds. The highest BCUT2D eigenvalue weighted by Gasteiger charge is 2.44. The lowest BCUT2D eigenvalue weighted by Crippen LogP contribution is -2.25. The highest BCUT2D eigenvalue weighted by molar-refractivity contribution is 6.33. The third-order valence-corrected chi connectivity index (χ3v) is 3.76. The van der Waals surface area contributed by atoms with Crippen molar-refractivity contribution in [2.45, 2.75) is 13.1 Å². The van der Waals surface area contributed by atoms with Gasteiger partial charge in [0.15, 0.2) is 5.76 Å². The lowest BCUT2D eigenvalue weighted by atomic mass is 10.0. The Morgan fingerprint density at radius 3 is 2.46 bits per heavy atom. The average Bonchev–Trinajstić information content (AvgIpc) is 3.03. The Bertz CT molecular complexity index is 920. The van der Waals surface area contributed by atoms with E-state index in [0.717, 1.165) is 6.20 Å². The van der Waals surface area contributed by atoms with Crippen LogP contribution in [0.4, 0.5) is 13.2 Å². The summed E-state index contributed by atoms with van der Waals surface area (Å²) in [4.78, 5) is 25.7. The van der Waals surface area contributed by atoms with Gasteiger partial charge in [-0.15, -0.1) is 0 Å². The first-order chi connectivity index (χ1) is 13.1. The van der Waals surface area contributed by atoms with Crippen LogP contribution in [-0.4, -0.2) is 48.7 Å². The van der Waals surface area contributed by atoms with Crippen molar-refractivity contribution < 1.29 is 32.0 Å². The Morgan fingerprint density at radius 2 is 1.93 bits per heavy atom. The van der Waals surface area contributed by atoms with Crippen molar-refractivity contribution in [3.05, 3.63) is 46.8 Å². The number of ketones is 1. The van der Waals surface area contributed by atoms with Crippen molar-refractivity contribution in [1.82, 2.24) is 10.1 Å². The number of Topliss-reactive ketones (excluding diaryl/α,β-unsaturated/α-hetero) is 1. The quantitative estimate of drug-likeness (QED) is 0.519. The standard InChI is InChI=1S/C18H16ClF3N2O4/c1-4-27-17(26)13-14(10-7-5-6-8-12(10)19)23-28-15(13)11(9-24(2)3)16(25)18(20,21)22/h5-9H,4H2,1-3H3/b11-9-. The van der Waals surface area contributed by atoms with E-state index >= 15 is 0 Å². The highest BCUT2D eigenvalue weighted by atomic mass is 35.5. The third kappa shape index (κ3) is 4.53. The molecule has 28 heavy (non-hydrogen) atoms. The molecule has 0 unspecified atom stereocenters. The van der Waals surface area contributed by atoms with Gasteiger partial charge >= 0.3 is 12.1 Å². The zero-order valence-electron chi connectivity index (χ0n) is 15.1. The number of allylic oxidation sites excluding steroid dienone is 1. The second kappa shape index (κ2) is 8.47. The minimum atomic E-state index is -5.19. The second-order valence-corrected chi connectivity index (χ2v) is 6.18. The fraction of sp³-hybridized carbons (Fsp3) is 0.278. The van der Waals surface area contributed by atoms with Gasteiger partial charge < -0.3 is 14.2 Å². The Balaban J connectivity index is 2.77. The predicted molar refractivity (Wildman–Crippen MR) is 95.6 cm³/mol. The molecule has 0 atom stereocenters. The van der Waals surface area contributed by atoms with Crippen molar-refractivity contribution in [2.24, 2.45) is 0 Å². The number of alkyl halides is 3. The molecular weight excluding hydrogens is 401 g/mol. The molecule has 1 aromatic heterocycles. The minimum Gasteiger partial charge on any atom is -0.462 e. The molecular formula is C18H16ClF3N2O4. The van der Waals surface area contributed by atoms with Crippen molar-refractivity contribution in [3.8, 4) is 11.3 Å². The molecule has 0 radical (unpaired) electrons. The first-order valence-electron chi connectivity index (χ1n) is 7.99. The molecule has 2 aromatic rings. The number of carbonyl (C=O) groups is 2. The Morgan fingerprint density at radius 1 is 1.29 bits per heavy atom. The predicted octanol–water partition coefficient (Wildman–Crippen LogP) is 4.21. The van der Waals surface area contributed by atoms with Crippen LogP contribution in [0.25, 0.3) is 16.8 Å². The molecule has 0 aliphatic rings. The van der Waals surface area contributed by atoms with Crippen molar-refractivity contribution in [3.63, 3.8) is 0 Å². The van der Waals surface area contributed by atoms with Gasteiger partial charge in [-0.2, -0.15) is 13.2 Å². The van der Waals surface area contributed by atoms with Gasteiger partial charge in [0.05, 0.1) is 17.2 Å². The van der Waals surface area contributed by atoms with Crippen LogP contribution in [0.5, 0.6) is 0 Å². The molecule has 1 heterocycles. The van der Waals surface area contributed by atoms with Gasteiger partial charge in [0.25, 0.3) is 5.78 Å². The second-order valence-electron chi connectivity index (χ2n) is 5.77. The van der Waals surface area contributed by atoms with E-state index in [-0.39, 0.29) is 22.9 Å². The van der Waals surface area contributed by atoms with Crippen LogP contribution in [0.3, 0.4) is 0 Å². The monoisotopic (exact) mass is 416 g/mol. The van der Waals surface area contributed by atoms with Gasteiger partial charge in [0.2, 0.25) is 0 Å². The maximum atomic E-state index is 13.1. The number of benzene rings is 1. The molecule has 0 fully saturated rings. The number of halogens is 4. The van der Waals surface area contributed by atoms with E-state index in [9.17, 15) is 22.8 Å². The van der Waals surface area contributed by atoms with E-state index < -0.39 is 34.8 Å². The summed E-state index contributed by atoms with van der Waals surface area (Å²) in [7, 11) is 2.83. The largest absolute Gasteiger partial charge is 0.462 e. The molecule has 2 rings (SSSR count). The lowest BCUT2D eigenvalue weighted by molar-refractivity contribution is -0.164. The SMILES string of the molecule is CCOC(=O)c1c(-c2ccccc2Cl)noc1/C(=C/N(C)C)C(=O)C(F)(F)F. The van der Waals surface area contributed by atoms with Crippen LogP contribution in [0.15, 0.2) is 35.0 Å². The van der Waals surface area contributed by atoms with E-state index in [1.165, 1.54) is 38.1 Å². The molecule has 0 N–H and O–H groups in total. The minimum absolute atomic E-state index is 0.0502. The van der Waals surface area contributed by atoms with Gasteiger partial charge in [-0.05, 0) is 13.0 Å². The summed E-state index contributed by atoms with van der Waals surface area (Å²) in [6.07, 6.45) is -4.29. The van der Waals surface area contributed by atoms with E-state index in [1.807, 2.05) is 0 Å². The zero-order valence-corrected chi connectivity index (χ0v) is 15.9.